The van der Waals surface area contributed by atoms with Crippen molar-refractivity contribution in [3.05, 3.63) is 68.9 Å². The van der Waals surface area contributed by atoms with E-state index in [2.05, 4.69) is 28.5 Å². The van der Waals surface area contributed by atoms with Crippen molar-refractivity contribution in [3.63, 3.8) is 0 Å². The largest absolute Gasteiger partial charge is 0.465 e. The minimum atomic E-state index is -0.478. The number of carbonyl (C=O) groups is 2. The number of ether oxygens (including phenoxy) is 1. The van der Waals surface area contributed by atoms with E-state index in [0.717, 1.165) is 28.0 Å². The molecule has 1 amide bonds. The van der Waals surface area contributed by atoms with Gasteiger partial charge in [0.1, 0.15) is 33.5 Å². The maximum atomic E-state index is 13.0. The zero-order valence-electron chi connectivity index (χ0n) is 20.7. The number of benzene rings is 1. The van der Waals surface area contributed by atoms with Gasteiger partial charge in [0.15, 0.2) is 0 Å². The standard InChI is InChI=1S/C28H21N5O3S3/c1-36-28(35)23-18-7-6-15-4-2-3-5-17(15)24(18)39-27(23)32-21(34)9-11-38-26-20(13-30)22(16-8-10-37-14-16)19(12-29)25(31)33-26/h2-5,8,10,14H,6-7,9,11H2,1H3,(H2,31,33)(H,32,34). The van der Waals surface area contributed by atoms with Crippen LogP contribution in [0.2, 0.25) is 0 Å². The van der Waals surface area contributed by atoms with Crippen molar-refractivity contribution in [3.8, 4) is 33.7 Å². The highest BCUT2D eigenvalue weighted by molar-refractivity contribution is 7.99. The van der Waals surface area contributed by atoms with Crippen LogP contribution in [0.5, 0.6) is 0 Å². The summed E-state index contributed by atoms with van der Waals surface area (Å²) < 4.78 is 5.05. The monoisotopic (exact) mass is 571 g/mol. The number of aryl methyl sites for hydroxylation is 1. The molecule has 39 heavy (non-hydrogen) atoms. The molecule has 1 aliphatic rings. The van der Waals surface area contributed by atoms with Crippen molar-refractivity contribution < 1.29 is 14.3 Å². The fourth-order valence-electron chi connectivity index (χ4n) is 4.57. The van der Waals surface area contributed by atoms with E-state index in [1.54, 1.807) is 0 Å². The van der Waals surface area contributed by atoms with E-state index in [0.29, 0.717) is 33.3 Å². The van der Waals surface area contributed by atoms with Crippen LogP contribution < -0.4 is 11.1 Å². The Hall–Kier alpha value is -4.16. The predicted octanol–water partition coefficient (Wildman–Crippen LogP) is 5.87. The van der Waals surface area contributed by atoms with Gasteiger partial charge in [-0.15, -0.1) is 23.1 Å². The number of thiophene rings is 2. The summed E-state index contributed by atoms with van der Waals surface area (Å²) in [5.41, 5.74) is 11.2. The van der Waals surface area contributed by atoms with Gasteiger partial charge in [0.25, 0.3) is 0 Å². The molecular formula is C28H21N5O3S3. The van der Waals surface area contributed by atoms with Crippen molar-refractivity contribution >= 4 is 57.1 Å². The Morgan fingerprint density at radius 1 is 1.18 bits per heavy atom. The van der Waals surface area contributed by atoms with Crippen molar-refractivity contribution in [2.45, 2.75) is 24.3 Å². The number of carbonyl (C=O) groups excluding carboxylic acids is 2. The molecule has 0 radical (unpaired) electrons. The minimum Gasteiger partial charge on any atom is -0.465 e. The van der Waals surface area contributed by atoms with Gasteiger partial charge >= 0.3 is 5.97 Å². The smallest absolute Gasteiger partial charge is 0.341 e. The molecule has 0 unspecified atom stereocenters. The SMILES string of the molecule is COC(=O)c1c(NC(=O)CCSc2nc(N)c(C#N)c(-c3ccsc3)c2C#N)sc2c1CCc1ccccc1-2. The molecule has 3 aromatic heterocycles. The highest BCUT2D eigenvalue weighted by Crippen LogP contribution is 2.45. The zero-order chi connectivity index (χ0) is 27.5. The van der Waals surface area contributed by atoms with E-state index in [1.807, 2.05) is 35.0 Å². The third-order valence-corrected chi connectivity index (χ3v) is 9.19. The van der Waals surface area contributed by atoms with Crippen LogP contribution >= 0.6 is 34.4 Å². The number of anilines is 2. The highest BCUT2D eigenvalue weighted by Gasteiger charge is 2.29. The third-order valence-electron chi connectivity index (χ3n) is 6.35. The first-order valence-corrected chi connectivity index (χ1v) is 14.6. The number of hydrogen-bond donors (Lipinski definition) is 2. The number of nitrogens with zero attached hydrogens (tertiary/aromatic N) is 3. The molecule has 0 spiro atoms. The Labute approximate surface area is 237 Å². The predicted molar refractivity (Wildman–Crippen MR) is 154 cm³/mol. The second-order valence-corrected chi connectivity index (χ2v) is 11.5. The molecule has 0 aliphatic heterocycles. The Kier molecular flexibility index (Phi) is 7.66. The maximum absolute atomic E-state index is 13.0. The number of nitrogen functional groups attached to an aromatic ring is 1. The van der Waals surface area contributed by atoms with Gasteiger partial charge in [0.2, 0.25) is 5.91 Å². The lowest BCUT2D eigenvalue weighted by Gasteiger charge is -2.16. The average Bonchev–Trinajstić information content (AvgIpc) is 3.60. The summed E-state index contributed by atoms with van der Waals surface area (Å²) >= 11 is 4.04. The summed E-state index contributed by atoms with van der Waals surface area (Å²) in [6.07, 6.45) is 1.60. The van der Waals surface area contributed by atoms with Gasteiger partial charge in [0, 0.05) is 22.6 Å². The number of nitrogens with one attached hydrogen (secondary N) is 1. The molecule has 0 atom stereocenters. The molecule has 0 saturated carbocycles. The number of amides is 1. The lowest BCUT2D eigenvalue weighted by molar-refractivity contribution is -0.115. The van der Waals surface area contributed by atoms with Gasteiger partial charge in [-0.05, 0) is 51.9 Å². The molecular weight excluding hydrogens is 551 g/mol. The van der Waals surface area contributed by atoms with Crippen LogP contribution in [0.4, 0.5) is 10.8 Å². The topological polar surface area (TPSA) is 142 Å². The maximum Gasteiger partial charge on any atom is 0.341 e. The van der Waals surface area contributed by atoms with Crippen LogP contribution in [0.25, 0.3) is 21.6 Å². The van der Waals surface area contributed by atoms with E-state index in [1.165, 1.54) is 47.1 Å². The van der Waals surface area contributed by atoms with Crippen LogP contribution in [0.15, 0.2) is 46.1 Å². The fourth-order valence-corrected chi connectivity index (χ4v) is 7.47. The van der Waals surface area contributed by atoms with Crippen LogP contribution in [-0.4, -0.2) is 29.7 Å². The van der Waals surface area contributed by atoms with E-state index >= 15 is 0 Å². The first-order valence-electron chi connectivity index (χ1n) is 11.9. The van der Waals surface area contributed by atoms with Gasteiger partial charge in [-0.25, -0.2) is 9.78 Å². The molecule has 3 N–H and O–H groups in total. The fraction of sp³-hybridized carbons (Fsp3) is 0.179. The lowest BCUT2D eigenvalue weighted by atomic mass is 9.89. The van der Waals surface area contributed by atoms with Crippen molar-refractivity contribution in [2.75, 3.05) is 23.9 Å². The molecule has 8 nitrogen and oxygen atoms in total. The normalized spacial score (nSPS) is 11.6. The number of rotatable bonds is 7. The summed E-state index contributed by atoms with van der Waals surface area (Å²) in [5, 5.41) is 27.0. The summed E-state index contributed by atoms with van der Waals surface area (Å²) in [6.45, 7) is 0. The van der Waals surface area contributed by atoms with Crippen LogP contribution in [0, 0.1) is 22.7 Å². The second-order valence-electron chi connectivity index (χ2n) is 8.57. The van der Waals surface area contributed by atoms with Gasteiger partial charge in [0.05, 0.1) is 18.2 Å². The number of thioether (sulfide) groups is 1. The molecule has 5 rings (SSSR count). The lowest BCUT2D eigenvalue weighted by Crippen LogP contribution is -2.15. The van der Waals surface area contributed by atoms with Gasteiger partial charge < -0.3 is 15.8 Å². The molecule has 1 aliphatic carbocycles. The first kappa shape index (κ1) is 26.4. The van der Waals surface area contributed by atoms with E-state index in [9.17, 15) is 20.1 Å². The molecule has 11 heteroatoms. The molecule has 3 heterocycles. The summed E-state index contributed by atoms with van der Waals surface area (Å²) in [5.74, 6) is -0.411. The first-order chi connectivity index (χ1) is 19.0. The second kappa shape index (κ2) is 11.3. The summed E-state index contributed by atoms with van der Waals surface area (Å²) in [7, 11) is 1.33. The van der Waals surface area contributed by atoms with Gasteiger partial charge in [-0.1, -0.05) is 24.3 Å². The molecule has 1 aromatic carbocycles. The molecule has 0 bridgehead atoms. The number of aromatic nitrogens is 1. The third kappa shape index (κ3) is 5.00. The number of hydrogen-bond acceptors (Lipinski definition) is 10. The Morgan fingerprint density at radius 3 is 2.69 bits per heavy atom. The van der Waals surface area contributed by atoms with Crippen LogP contribution in [0.1, 0.15) is 39.0 Å². The number of fused-ring (bicyclic) bond motifs is 3. The van der Waals surface area contributed by atoms with Gasteiger partial charge in [-0.3, -0.25) is 4.79 Å². The molecule has 0 fully saturated rings. The van der Waals surface area contributed by atoms with Crippen molar-refractivity contribution in [2.24, 2.45) is 0 Å². The quantitative estimate of drug-likeness (QED) is 0.207. The molecule has 0 saturated heterocycles. The van der Waals surface area contributed by atoms with Crippen molar-refractivity contribution in [1.82, 2.24) is 4.98 Å². The number of esters is 1. The number of nitriles is 2. The number of methoxy groups -OCH3 is 1. The van der Waals surface area contributed by atoms with E-state index < -0.39 is 5.97 Å². The number of nitrogens with two attached hydrogens (primary N) is 1. The Bertz CT molecular complexity index is 1680. The molecule has 4 aromatic rings. The van der Waals surface area contributed by atoms with E-state index in [4.69, 9.17) is 10.5 Å². The van der Waals surface area contributed by atoms with Crippen LogP contribution in [-0.2, 0) is 22.4 Å². The Morgan fingerprint density at radius 2 is 1.97 bits per heavy atom. The summed E-state index contributed by atoms with van der Waals surface area (Å²) in [6, 6.07) is 14.1. The zero-order valence-corrected chi connectivity index (χ0v) is 23.2. The van der Waals surface area contributed by atoms with Crippen molar-refractivity contribution in [1.29, 1.82) is 10.5 Å². The van der Waals surface area contributed by atoms with Crippen LogP contribution in [0.3, 0.4) is 0 Å². The minimum absolute atomic E-state index is 0.0387. The molecule has 194 valence electrons. The summed E-state index contributed by atoms with van der Waals surface area (Å²) in [4.78, 5) is 30.9. The average molecular weight is 572 g/mol. The van der Waals surface area contributed by atoms with Gasteiger partial charge in [-0.2, -0.15) is 21.9 Å². The Balaban J connectivity index is 1.36. The van der Waals surface area contributed by atoms with E-state index in [-0.39, 0.29) is 29.3 Å². The highest BCUT2D eigenvalue weighted by atomic mass is 32.2. The number of pyridine rings is 1.